The van der Waals surface area contributed by atoms with E-state index in [-0.39, 0.29) is 6.61 Å². The molecule has 1 atom stereocenters. The van der Waals surface area contributed by atoms with Gasteiger partial charge in [-0.2, -0.15) is 0 Å². The zero-order chi connectivity index (χ0) is 11.8. The molecule has 0 aromatic rings. The Morgan fingerprint density at radius 3 is 2.33 bits per heavy atom. The van der Waals surface area contributed by atoms with Crippen LogP contribution in [0.4, 0.5) is 8.78 Å². The van der Waals surface area contributed by atoms with Crippen LogP contribution in [0.2, 0.25) is 0 Å². The Hall–Kier alpha value is -1.24. The highest BCUT2D eigenvalue weighted by Gasteiger charge is 2.20. The van der Waals surface area contributed by atoms with Gasteiger partial charge in [-0.25, -0.2) is 13.6 Å². The van der Waals surface area contributed by atoms with Crippen LogP contribution in [-0.4, -0.2) is 44.7 Å². The van der Waals surface area contributed by atoms with Crippen LogP contribution < -0.4 is 5.32 Å². The molecule has 0 spiro atoms. The highest BCUT2D eigenvalue weighted by atomic mass is 19.3. The summed E-state index contributed by atoms with van der Waals surface area (Å²) in [6, 6.07) is -1.05. The third-order valence-electron chi connectivity index (χ3n) is 1.39. The summed E-state index contributed by atoms with van der Waals surface area (Å²) in [7, 11) is 1.13. The summed E-state index contributed by atoms with van der Waals surface area (Å²) in [6.45, 7) is 0.0761. The van der Waals surface area contributed by atoms with Gasteiger partial charge in [-0.05, 0) is 0 Å². The topological polar surface area (TPSA) is 64.6 Å². The lowest BCUT2D eigenvalue weighted by atomic mass is 10.3. The lowest BCUT2D eigenvalue weighted by Gasteiger charge is -2.15. The lowest BCUT2D eigenvalue weighted by molar-refractivity contribution is -0.147. The number of hydrogen-bond donors (Lipinski definition) is 1. The minimum Gasteiger partial charge on any atom is -0.467 e. The molecule has 15 heavy (non-hydrogen) atoms. The molecule has 0 aliphatic rings. The zero-order valence-electron chi connectivity index (χ0n) is 8.46. The predicted octanol–water partition coefficient (Wildman–Crippen LogP) is -0.0542. The van der Waals surface area contributed by atoms with E-state index in [1.165, 1.54) is 6.92 Å². The number of amides is 1. The summed E-state index contributed by atoms with van der Waals surface area (Å²) < 4.78 is 32.3. The first kappa shape index (κ1) is 13.8. The number of esters is 1. The van der Waals surface area contributed by atoms with Crippen LogP contribution in [0.1, 0.15) is 6.92 Å². The van der Waals surface area contributed by atoms with E-state index in [0.717, 1.165) is 7.11 Å². The van der Waals surface area contributed by atoms with Gasteiger partial charge in [0.25, 0.3) is 6.43 Å². The first-order chi connectivity index (χ1) is 6.97. The van der Waals surface area contributed by atoms with Gasteiger partial charge in [0.1, 0.15) is 6.61 Å². The minimum absolute atomic E-state index is 0.337. The zero-order valence-corrected chi connectivity index (χ0v) is 8.46. The molecule has 88 valence electrons. The number of alkyl halides is 2. The second-order valence-corrected chi connectivity index (χ2v) is 2.70. The maximum atomic E-state index is 11.7. The summed E-state index contributed by atoms with van der Waals surface area (Å²) in [5, 5.41) is 2.22. The lowest BCUT2D eigenvalue weighted by Crippen LogP contribution is -2.44. The average Bonchev–Trinajstić information content (AvgIpc) is 2.14. The van der Waals surface area contributed by atoms with Crippen molar-refractivity contribution in [2.45, 2.75) is 19.4 Å². The van der Waals surface area contributed by atoms with Crippen molar-refractivity contribution in [3.05, 3.63) is 0 Å². The number of carbonyl (C=O) groups is 2. The van der Waals surface area contributed by atoms with Crippen LogP contribution in [0.25, 0.3) is 0 Å². The average molecular weight is 225 g/mol. The second-order valence-electron chi connectivity index (χ2n) is 2.70. The van der Waals surface area contributed by atoms with Crippen LogP contribution >= 0.6 is 0 Å². The third-order valence-corrected chi connectivity index (χ3v) is 1.39. The molecule has 0 fully saturated rings. The number of nitrogens with one attached hydrogen (secondary N) is 1. The van der Waals surface area contributed by atoms with E-state index in [1.54, 1.807) is 0 Å². The van der Waals surface area contributed by atoms with Gasteiger partial charge in [0, 0.05) is 6.92 Å². The number of carbonyl (C=O) groups excluding carboxylic acids is 2. The minimum atomic E-state index is -2.61. The second kappa shape index (κ2) is 7.10. The number of methoxy groups -OCH3 is 1. The highest BCUT2D eigenvalue weighted by Crippen LogP contribution is 1.95. The summed E-state index contributed by atoms with van der Waals surface area (Å²) in [5.74, 6) is -1.20. The van der Waals surface area contributed by atoms with E-state index in [0.29, 0.717) is 0 Å². The molecule has 5 nitrogen and oxygen atoms in total. The fraction of sp³-hybridized carbons (Fsp3) is 0.750. The first-order valence-electron chi connectivity index (χ1n) is 4.18. The van der Waals surface area contributed by atoms with Crippen LogP contribution in [0.15, 0.2) is 0 Å². The van der Waals surface area contributed by atoms with Crippen molar-refractivity contribution in [1.82, 2.24) is 5.32 Å². The fourth-order valence-electron chi connectivity index (χ4n) is 0.831. The van der Waals surface area contributed by atoms with E-state index >= 15 is 0 Å². The van der Waals surface area contributed by atoms with Gasteiger partial charge in [0.05, 0.1) is 13.7 Å². The van der Waals surface area contributed by atoms with Crippen molar-refractivity contribution >= 4 is 11.9 Å². The number of ether oxygens (including phenoxy) is 2. The van der Waals surface area contributed by atoms with Gasteiger partial charge in [0.2, 0.25) is 5.91 Å². The normalized spacial score (nSPS) is 12.3. The molecule has 1 N–H and O–H groups in total. The number of hydrogen-bond acceptors (Lipinski definition) is 4. The fourth-order valence-corrected chi connectivity index (χ4v) is 0.831. The van der Waals surface area contributed by atoms with Gasteiger partial charge < -0.3 is 14.8 Å². The van der Waals surface area contributed by atoms with Gasteiger partial charge >= 0.3 is 5.97 Å². The molecule has 0 rings (SSSR count). The van der Waals surface area contributed by atoms with Gasteiger partial charge in [-0.3, -0.25) is 4.79 Å². The maximum absolute atomic E-state index is 11.7. The molecule has 0 saturated heterocycles. The van der Waals surface area contributed by atoms with Crippen molar-refractivity contribution < 1.29 is 27.8 Å². The van der Waals surface area contributed by atoms with Crippen molar-refractivity contribution in [2.24, 2.45) is 0 Å². The molecule has 0 saturated carbocycles. The number of rotatable bonds is 6. The molecule has 0 bridgehead atoms. The van der Waals surface area contributed by atoms with E-state index < -0.39 is 31.0 Å². The van der Waals surface area contributed by atoms with Gasteiger partial charge in [-0.15, -0.1) is 0 Å². The SMILES string of the molecule is COC(=O)C(COCC(F)F)NC(C)=O. The molecule has 0 aromatic carbocycles. The Morgan fingerprint density at radius 1 is 1.33 bits per heavy atom. The van der Waals surface area contributed by atoms with E-state index in [9.17, 15) is 18.4 Å². The van der Waals surface area contributed by atoms with E-state index in [4.69, 9.17) is 0 Å². The van der Waals surface area contributed by atoms with Crippen molar-refractivity contribution in [2.75, 3.05) is 20.3 Å². The van der Waals surface area contributed by atoms with E-state index in [1.807, 2.05) is 0 Å². The van der Waals surface area contributed by atoms with Crippen LogP contribution in [0.5, 0.6) is 0 Å². The molecule has 0 aliphatic carbocycles. The Labute approximate surface area is 85.7 Å². The highest BCUT2D eigenvalue weighted by molar-refractivity contribution is 5.83. The Balaban J connectivity index is 4.01. The number of halogens is 2. The Morgan fingerprint density at radius 2 is 1.93 bits per heavy atom. The summed E-state index contributed by atoms with van der Waals surface area (Å²) in [4.78, 5) is 21.7. The Kier molecular flexibility index (Phi) is 6.52. The Bertz CT molecular complexity index is 223. The summed E-state index contributed by atoms with van der Waals surface area (Å²) >= 11 is 0. The molecular formula is C8H13F2NO4. The van der Waals surface area contributed by atoms with Gasteiger partial charge in [0.15, 0.2) is 6.04 Å². The van der Waals surface area contributed by atoms with Crippen LogP contribution in [0, 0.1) is 0 Å². The van der Waals surface area contributed by atoms with Gasteiger partial charge in [-0.1, -0.05) is 0 Å². The van der Waals surface area contributed by atoms with Crippen molar-refractivity contribution in [3.63, 3.8) is 0 Å². The molecule has 1 unspecified atom stereocenters. The molecule has 1 amide bonds. The summed E-state index contributed by atoms with van der Waals surface area (Å²) in [6.07, 6.45) is -2.61. The summed E-state index contributed by atoms with van der Waals surface area (Å²) in [5.41, 5.74) is 0. The monoisotopic (exact) mass is 225 g/mol. The molecular weight excluding hydrogens is 212 g/mol. The quantitative estimate of drug-likeness (QED) is 0.643. The standard InChI is InChI=1S/C8H13F2NO4/c1-5(12)11-6(8(13)14-2)3-15-4-7(9)10/h6-7H,3-4H2,1-2H3,(H,11,12). The third kappa shape index (κ3) is 6.78. The smallest absolute Gasteiger partial charge is 0.330 e. The van der Waals surface area contributed by atoms with Crippen LogP contribution in [0.3, 0.4) is 0 Å². The molecule has 0 aromatic heterocycles. The molecule has 0 heterocycles. The first-order valence-corrected chi connectivity index (χ1v) is 4.18. The molecule has 7 heteroatoms. The molecule has 0 aliphatic heterocycles. The van der Waals surface area contributed by atoms with Crippen LogP contribution in [-0.2, 0) is 19.1 Å². The van der Waals surface area contributed by atoms with Crippen molar-refractivity contribution in [1.29, 1.82) is 0 Å². The largest absolute Gasteiger partial charge is 0.467 e. The molecule has 0 radical (unpaired) electrons. The van der Waals surface area contributed by atoms with E-state index in [2.05, 4.69) is 14.8 Å². The maximum Gasteiger partial charge on any atom is 0.330 e. The van der Waals surface area contributed by atoms with Crippen molar-refractivity contribution in [3.8, 4) is 0 Å². The predicted molar refractivity (Wildman–Crippen MR) is 46.4 cm³/mol.